The molecule has 0 saturated heterocycles. The molecule has 4 aliphatic rings. The van der Waals surface area contributed by atoms with E-state index in [1.165, 1.54) is 38.2 Å². The number of hydrogen-bond donors (Lipinski definition) is 1. The van der Waals surface area contributed by atoms with E-state index in [1.807, 2.05) is 0 Å². The number of rotatable bonds is 2. The molecule has 0 spiro atoms. The van der Waals surface area contributed by atoms with Crippen LogP contribution in [0.1, 0.15) is 32.1 Å². The molecule has 1 aromatic carbocycles. The van der Waals surface area contributed by atoms with Crippen LogP contribution in [-0.4, -0.2) is 6.04 Å². The van der Waals surface area contributed by atoms with E-state index < -0.39 is 17.5 Å². The molecule has 0 aliphatic heterocycles. The summed E-state index contributed by atoms with van der Waals surface area (Å²) in [6, 6.07) is 2.54. The molecule has 1 N–H and O–H groups in total. The summed E-state index contributed by atoms with van der Waals surface area (Å²) in [5, 5.41) is 3.18. The zero-order chi connectivity index (χ0) is 13.9. The minimum atomic E-state index is -1.38. The van der Waals surface area contributed by atoms with Gasteiger partial charge in [0.1, 0.15) is 0 Å². The third kappa shape index (κ3) is 1.84. The van der Waals surface area contributed by atoms with E-state index in [2.05, 4.69) is 5.32 Å². The second kappa shape index (κ2) is 4.40. The molecule has 0 unspecified atom stereocenters. The monoisotopic (exact) mass is 281 g/mol. The van der Waals surface area contributed by atoms with E-state index in [1.54, 1.807) is 0 Å². The Balaban J connectivity index is 1.59. The Morgan fingerprint density at radius 2 is 1.40 bits per heavy atom. The predicted octanol–water partition coefficient (Wildman–Crippen LogP) is 4.34. The number of hydrogen-bond acceptors (Lipinski definition) is 1. The summed E-state index contributed by atoms with van der Waals surface area (Å²) in [5.74, 6) is -0.774. The van der Waals surface area contributed by atoms with E-state index in [0.29, 0.717) is 11.8 Å². The van der Waals surface area contributed by atoms with Crippen molar-refractivity contribution in [2.24, 2.45) is 23.7 Å². The van der Waals surface area contributed by atoms with Crippen molar-refractivity contribution in [1.29, 1.82) is 0 Å². The van der Waals surface area contributed by atoms with Gasteiger partial charge in [0.15, 0.2) is 17.5 Å². The summed E-state index contributed by atoms with van der Waals surface area (Å²) >= 11 is 0. The van der Waals surface area contributed by atoms with Crippen LogP contribution in [0.4, 0.5) is 18.9 Å². The van der Waals surface area contributed by atoms with Crippen molar-refractivity contribution < 1.29 is 13.2 Å². The van der Waals surface area contributed by atoms with Gasteiger partial charge < -0.3 is 5.32 Å². The zero-order valence-electron chi connectivity index (χ0n) is 11.2. The fraction of sp³-hybridized carbons (Fsp3) is 0.625. The zero-order valence-corrected chi connectivity index (χ0v) is 11.2. The third-order valence-electron chi connectivity index (χ3n) is 5.58. The van der Waals surface area contributed by atoms with Crippen LogP contribution >= 0.6 is 0 Å². The van der Waals surface area contributed by atoms with Crippen LogP contribution < -0.4 is 5.32 Å². The Bertz CT molecular complexity index is 515. The fourth-order valence-electron chi connectivity index (χ4n) is 4.98. The molecule has 1 nitrogen and oxygen atoms in total. The van der Waals surface area contributed by atoms with Crippen LogP contribution in [0.5, 0.6) is 0 Å². The second-order valence-corrected chi connectivity index (χ2v) is 6.82. The highest BCUT2D eigenvalue weighted by molar-refractivity contribution is 5.47. The van der Waals surface area contributed by atoms with Gasteiger partial charge in [-0.15, -0.1) is 0 Å². The van der Waals surface area contributed by atoms with Gasteiger partial charge in [-0.25, -0.2) is 13.2 Å². The van der Waals surface area contributed by atoms with Crippen molar-refractivity contribution in [2.45, 2.75) is 38.1 Å². The quantitative estimate of drug-likeness (QED) is 0.795. The molecule has 4 heteroatoms. The minimum absolute atomic E-state index is 0.112. The lowest BCUT2D eigenvalue weighted by atomic mass is 9.54. The molecule has 4 bridgehead atoms. The SMILES string of the molecule is Fc1ccc(NC2C3CC4CC(C3)CC2C4)c(F)c1F. The molecule has 0 aromatic heterocycles. The van der Waals surface area contributed by atoms with Crippen LogP contribution in [0.2, 0.25) is 0 Å². The molecule has 108 valence electrons. The molecule has 0 radical (unpaired) electrons. The van der Waals surface area contributed by atoms with Gasteiger partial charge in [-0.1, -0.05) is 0 Å². The highest BCUT2D eigenvalue weighted by Gasteiger charge is 2.48. The maximum atomic E-state index is 13.8. The van der Waals surface area contributed by atoms with Crippen molar-refractivity contribution in [3.05, 3.63) is 29.6 Å². The van der Waals surface area contributed by atoms with Gasteiger partial charge in [0.25, 0.3) is 0 Å². The Labute approximate surface area is 116 Å². The Morgan fingerprint density at radius 1 is 0.800 bits per heavy atom. The highest BCUT2D eigenvalue weighted by Crippen LogP contribution is 2.54. The molecule has 1 aromatic rings. The van der Waals surface area contributed by atoms with Gasteiger partial charge in [0, 0.05) is 6.04 Å². The summed E-state index contributed by atoms with van der Waals surface area (Å²) < 4.78 is 40.1. The van der Waals surface area contributed by atoms with Gasteiger partial charge in [-0.3, -0.25) is 0 Å². The average Bonchev–Trinajstić information content (AvgIpc) is 2.42. The number of nitrogens with one attached hydrogen (secondary N) is 1. The lowest BCUT2D eigenvalue weighted by Crippen LogP contribution is -2.51. The summed E-state index contributed by atoms with van der Waals surface area (Å²) in [6.07, 6.45) is 6.18. The highest BCUT2D eigenvalue weighted by atomic mass is 19.2. The molecule has 5 rings (SSSR count). The normalized spacial score (nSPS) is 38.2. The number of benzene rings is 1. The summed E-state index contributed by atoms with van der Waals surface area (Å²) in [6.45, 7) is 0. The van der Waals surface area contributed by atoms with Gasteiger partial charge in [0.05, 0.1) is 5.69 Å². The smallest absolute Gasteiger partial charge is 0.196 e. The maximum absolute atomic E-state index is 13.8. The molecule has 0 atom stereocenters. The van der Waals surface area contributed by atoms with Crippen LogP contribution in [0, 0.1) is 41.1 Å². The Kier molecular flexibility index (Phi) is 2.76. The van der Waals surface area contributed by atoms with E-state index in [4.69, 9.17) is 0 Å². The lowest BCUT2D eigenvalue weighted by Gasteiger charge is -2.54. The topological polar surface area (TPSA) is 12.0 Å². The van der Waals surface area contributed by atoms with E-state index >= 15 is 0 Å². The molecule has 4 fully saturated rings. The molecule has 0 heterocycles. The molecular weight excluding hydrogens is 263 g/mol. The van der Waals surface area contributed by atoms with Gasteiger partial charge in [0.2, 0.25) is 0 Å². The molecule has 20 heavy (non-hydrogen) atoms. The molecule has 4 saturated carbocycles. The average molecular weight is 281 g/mol. The standard InChI is InChI=1S/C16H18F3N/c17-12-1-2-13(15(19)14(12)18)20-16-10-4-8-3-9(6-10)7-11(16)5-8/h1-2,8-11,16,20H,3-7H2. The largest absolute Gasteiger partial charge is 0.379 e. The Morgan fingerprint density at radius 3 is 2.00 bits per heavy atom. The first-order chi connectivity index (χ1) is 9.61. The maximum Gasteiger partial charge on any atom is 0.196 e. The summed E-state index contributed by atoms with van der Waals surface area (Å²) in [7, 11) is 0. The molecular formula is C16H18F3N. The Hall–Kier alpha value is -1.19. The predicted molar refractivity (Wildman–Crippen MR) is 70.8 cm³/mol. The molecule has 4 aliphatic carbocycles. The van der Waals surface area contributed by atoms with Gasteiger partial charge in [-0.2, -0.15) is 0 Å². The summed E-state index contributed by atoms with van der Waals surface area (Å²) in [5.41, 5.74) is 0.112. The molecule has 0 amide bonds. The second-order valence-electron chi connectivity index (χ2n) is 6.82. The number of anilines is 1. The van der Waals surface area contributed by atoms with Crippen molar-refractivity contribution >= 4 is 5.69 Å². The summed E-state index contributed by atoms with van der Waals surface area (Å²) in [4.78, 5) is 0. The van der Waals surface area contributed by atoms with Crippen molar-refractivity contribution in [1.82, 2.24) is 0 Å². The van der Waals surface area contributed by atoms with Crippen molar-refractivity contribution in [3.8, 4) is 0 Å². The van der Waals surface area contributed by atoms with Crippen LogP contribution in [0.3, 0.4) is 0 Å². The fourth-order valence-corrected chi connectivity index (χ4v) is 4.98. The van der Waals surface area contributed by atoms with E-state index in [9.17, 15) is 13.2 Å². The van der Waals surface area contributed by atoms with Gasteiger partial charge in [-0.05, 0) is 67.9 Å². The first kappa shape index (κ1) is 12.5. The van der Waals surface area contributed by atoms with E-state index in [-0.39, 0.29) is 11.7 Å². The van der Waals surface area contributed by atoms with E-state index in [0.717, 1.165) is 17.9 Å². The lowest BCUT2D eigenvalue weighted by molar-refractivity contribution is 0.00742. The first-order valence-electron chi connectivity index (χ1n) is 7.52. The van der Waals surface area contributed by atoms with Crippen molar-refractivity contribution in [2.75, 3.05) is 5.32 Å². The first-order valence-corrected chi connectivity index (χ1v) is 7.52. The number of halogens is 3. The van der Waals surface area contributed by atoms with Gasteiger partial charge >= 0.3 is 0 Å². The van der Waals surface area contributed by atoms with Crippen LogP contribution in [-0.2, 0) is 0 Å². The van der Waals surface area contributed by atoms with Crippen molar-refractivity contribution in [3.63, 3.8) is 0 Å². The third-order valence-corrected chi connectivity index (χ3v) is 5.58. The minimum Gasteiger partial charge on any atom is -0.379 e. The van der Waals surface area contributed by atoms with Crippen LogP contribution in [0.25, 0.3) is 0 Å². The van der Waals surface area contributed by atoms with Crippen LogP contribution in [0.15, 0.2) is 12.1 Å².